The van der Waals surface area contributed by atoms with Crippen LogP contribution in [0.2, 0.25) is 5.02 Å². The number of benzene rings is 1. The third-order valence-corrected chi connectivity index (χ3v) is 2.81. The molecule has 0 amide bonds. The molecule has 0 bridgehead atoms. The summed E-state index contributed by atoms with van der Waals surface area (Å²) in [5, 5.41) is 6.01. The van der Waals surface area contributed by atoms with Gasteiger partial charge in [0.1, 0.15) is 5.76 Å². The number of nitrogens with zero attached hydrogens (tertiary/aromatic N) is 2. The van der Waals surface area contributed by atoms with Gasteiger partial charge < -0.3 is 4.42 Å². The molecule has 0 aliphatic carbocycles. The summed E-state index contributed by atoms with van der Waals surface area (Å²) in [6.45, 7) is 0. The van der Waals surface area contributed by atoms with Gasteiger partial charge in [0.15, 0.2) is 0 Å². The molecular formula is C12H9ClN2O. The van der Waals surface area contributed by atoms with Crippen LogP contribution < -0.4 is 0 Å². The van der Waals surface area contributed by atoms with E-state index in [-0.39, 0.29) is 0 Å². The van der Waals surface area contributed by atoms with Crippen LogP contribution in [0.3, 0.4) is 0 Å². The maximum absolute atomic E-state index is 6.19. The first-order valence-electron chi connectivity index (χ1n) is 4.91. The highest BCUT2D eigenvalue weighted by Gasteiger charge is 2.09. The van der Waals surface area contributed by atoms with Crippen molar-refractivity contribution in [2.75, 3.05) is 0 Å². The van der Waals surface area contributed by atoms with Crippen LogP contribution in [0.1, 0.15) is 0 Å². The number of rotatable bonds is 1. The second-order valence-electron chi connectivity index (χ2n) is 3.67. The van der Waals surface area contributed by atoms with Crippen molar-refractivity contribution in [3.63, 3.8) is 0 Å². The van der Waals surface area contributed by atoms with E-state index >= 15 is 0 Å². The molecule has 3 rings (SSSR count). The van der Waals surface area contributed by atoms with Crippen LogP contribution in [0.25, 0.3) is 22.2 Å². The van der Waals surface area contributed by atoms with Crippen LogP contribution in [-0.4, -0.2) is 9.78 Å². The predicted molar refractivity (Wildman–Crippen MR) is 63.4 cm³/mol. The van der Waals surface area contributed by atoms with Crippen molar-refractivity contribution in [1.29, 1.82) is 0 Å². The Morgan fingerprint density at radius 1 is 1.38 bits per heavy atom. The molecule has 4 heteroatoms. The Hall–Kier alpha value is -1.74. The normalized spacial score (nSPS) is 11.1. The van der Waals surface area contributed by atoms with Gasteiger partial charge >= 0.3 is 0 Å². The average molecular weight is 233 g/mol. The molecule has 0 spiro atoms. The lowest BCUT2D eigenvalue weighted by molar-refractivity contribution is 0.582. The van der Waals surface area contributed by atoms with Crippen molar-refractivity contribution in [3.8, 4) is 11.3 Å². The molecule has 0 N–H and O–H groups in total. The molecule has 0 aliphatic heterocycles. The van der Waals surface area contributed by atoms with Crippen LogP contribution in [0.4, 0.5) is 0 Å². The summed E-state index contributed by atoms with van der Waals surface area (Å²) in [5.74, 6) is 0.774. The van der Waals surface area contributed by atoms with E-state index in [0.29, 0.717) is 5.02 Å². The molecular weight excluding hydrogens is 224 g/mol. The van der Waals surface area contributed by atoms with Crippen molar-refractivity contribution in [2.24, 2.45) is 7.05 Å². The highest BCUT2D eigenvalue weighted by atomic mass is 35.5. The van der Waals surface area contributed by atoms with Crippen LogP contribution >= 0.6 is 11.6 Å². The molecule has 2 heterocycles. The fourth-order valence-electron chi connectivity index (χ4n) is 1.79. The van der Waals surface area contributed by atoms with Gasteiger partial charge in [0, 0.05) is 24.2 Å². The molecule has 16 heavy (non-hydrogen) atoms. The van der Waals surface area contributed by atoms with Gasteiger partial charge in [-0.05, 0) is 24.3 Å². The average Bonchev–Trinajstić information content (AvgIpc) is 2.83. The van der Waals surface area contributed by atoms with Crippen LogP contribution in [-0.2, 0) is 7.05 Å². The number of furan rings is 1. The fraction of sp³-hybridized carbons (Fsp3) is 0.0833. The lowest BCUT2D eigenvalue weighted by atomic mass is 10.1. The molecule has 0 aliphatic rings. The number of fused-ring (bicyclic) bond motifs is 1. The number of halogens is 1. The van der Waals surface area contributed by atoms with Gasteiger partial charge in [0.2, 0.25) is 0 Å². The van der Waals surface area contributed by atoms with Crippen molar-refractivity contribution in [1.82, 2.24) is 9.78 Å². The summed E-state index contributed by atoms with van der Waals surface area (Å²) in [5.41, 5.74) is 1.79. The molecule has 0 saturated carbocycles. The third kappa shape index (κ3) is 1.41. The highest BCUT2D eigenvalue weighted by Crippen LogP contribution is 2.31. The van der Waals surface area contributed by atoms with E-state index in [1.54, 1.807) is 10.9 Å². The molecule has 80 valence electrons. The maximum Gasteiger partial charge on any atom is 0.135 e. The quantitative estimate of drug-likeness (QED) is 0.643. The molecule has 0 unspecified atom stereocenters. The molecule has 3 nitrogen and oxygen atoms in total. The van der Waals surface area contributed by atoms with E-state index in [2.05, 4.69) is 5.10 Å². The van der Waals surface area contributed by atoms with E-state index in [1.807, 2.05) is 37.5 Å². The van der Waals surface area contributed by atoms with Gasteiger partial charge in [-0.25, -0.2) is 0 Å². The van der Waals surface area contributed by atoms with E-state index in [0.717, 1.165) is 22.2 Å². The lowest BCUT2D eigenvalue weighted by Gasteiger charge is -2.00. The smallest absolute Gasteiger partial charge is 0.135 e. The summed E-state index contributed by atoms with van der Waals surface area (Å²) in [7, 11) is 1.89. The zero-order valence-electron chi connectivity index (χ0n) is 8.64. The predicted octanol–water partition coefficient (Wildman–Crippen LogP) is 3.49. The zero-order valence-corrected chi connectivity index (χ0v) is 9.40. The Morgan fingerprint density at radius 3 is 3.00 bits per heavy atom. The maximum atomic E-state index is 6.19. The zero-order chi connectivity index (χ0) is 11.1. The van der Waals surface area contributed by atoms with Crippen LogP contribution in [0.5, 0.6) is 0 Å². The van der Waals surface area contributed by atoms with Gasteiger partial charge in [0.05, 0.1) is 16.8 Å². The Labute approximate surface area is 97.2 Å². The Kier molecular flexibility index (Phi) is 2.01. The first-order chi connectivity index (χ1) is 7.74. The van der Waals surface area contributed by atoms with Crippen molar-refractivity contribution in [3.05, 3.63) is 41.7 Å². The van der Waals surface area contributed by atoms with E-state index < -0.39 is 0 Å². The monoisotopic (exact) mass is 232 g/mol. The van der Waals surface area contributed by atoms with Crippen molar-refractivity contribution >= 4 is 22.5 Å². The Morgan fingerprint density at radius 2 is 2.25 bits per heavy atom. The van der Waals surface area contributed by atoms with Gasteiger partial charge in [-0.2, -0.15) is 5.10 Å². The lowest BCUT2D eigenvalue weighted by Crippen LogP contribution is -1.84. The van der Waals surface area contributed by atoms with E-state index in [4.69, 9.17) is 16.0 Å². The summed E-state index contributed by atoms with van der Waals surface area (Å²) in [4.78, 5) is 0. The Bertz CT molecular complexity index is 640. The van der Waals surface area contributed by atoms with Crippen molar-refractivity contribution in [2.45, 2.75) is 0 Å². The molecule has 1 aromatic carbocycles. The molecule has 0 atom stereocenters. The largest absolute Gasteiger partial charge is 0.464 e. The minimum absolute atomic E-state index is 0.654. The first-order valence-corrected chi connectivity index (χ1v) is 5.28. The third-order valence-electron chi connectivity index (χ3n) is 2.49. The van der Waals surface area contributed by atoms with Gasteiger partial charge in [0.25, 0.3) is 0 Å². The molecule has 0 fully saturated rings. The van der Waals surface area contributed by atoms with Crippen LogP contribution in [0.15, 0.2) is 41.1 Å². The summed E-state index contributed by atoms with van der Waals surface area (Å²) in [6.07, 6.45) is 3.59. The second-order valence-corrected chi connectivity index (χ2v) is 4.08. The summed E-state index contributed by atoms with van der Waals surface area (Å²) in [6, 6.07) is 7.58. The molecule has 2 aromatic heterocycles. The molecule has 0 radical (unpaired) electrons. The summed E-state index contributed by atoms with van der Waals surface area (Å²) >= 11 is 6.19. The fourth-order valence-corrected chi connectivity index (χ4v) is 2.04. The standard InChI is InChI=1S/C12H9ClN2O/c1-15-7-8-5-9(12-3-2-4-16-12)10(13)6-11(8)14-15/h2-7H,1H3. The van der Waals surface area contributed by atoms with Gasteiger partial charge in [-0.1, -0.05) is 11.6 Å². The van der Waals surface area contributed by atoms with Crippen LogP contribution in [0, 0.1) is 0 Å². The highest BCUT2D eigenvalue weighted by molar-refractivity contribution is 6.34. The minimum atomic E-state index is 0.654. The minimum Gasteiger partial charge on any atom is -0.464 e. The number of aromatic nitrogens is 2. The second kappa shape index (κ2) is 3.39. The van der Waals surface area contributed by atoms with E-state index in [1.165, 1.54) is 0 Å². The van der Waals surface area contributed by atoms with E-state index in [9.17, 15) is 0 Å². The topological polar surface area (TPSA) is 31.0 Å². The number of hydrogen-bond donors (Lipinski definition) is 0. The SMILES string of the molecule is Cn1cc2cc(-c3ccco3)c(Cl)cc2n1. The molecule has 0 saturated heterocycles. The number of hydrogen-bond acceptors (Lipinski definition) is 2. The first kappa shape index (κ1) is 9.48. The van der Waals surface area contributed by atoms with Gasteiger partial charge in [-0.3, -0.25) is 4.68 Å². The van der Waals surface area contributed by atoms with Crippen molar-refractivity contribution < 1.29 is 4.42 Å². The Balaban J connectivity index is 2.29. The summed E-state index contributed by atoms with van der Waals surface area (Å²) < 4.78 is 7.12. The number of aryl methyl sites for hydroxylation is 1. The molecule has 3 aromatic rings. The van der Waals surface area contributed by atoms with Gasteiger partial charge in [-0.15, -0.1) is 0 Å².